The third kappa shape index (κ3) is 5.18. The average molecular weight is 367 g/mol. The van der Waals surface area contributed by atoms with Gasteiger partial charge < -0.3 is 5.32 Å². The molecule has 0 saturated carbocycles. The van der Waals surface area contributed by atoms with Gasteiger partial charge in [-0.3, -0.25) is 15.2 Å². The lowest BCUT2D eigenvalue weighted by Crippen LogP contribution is -2.39. The van der Waals surface area contributed by atoms with Crippen molar-refractivity contribution in [3.05, 3.63) is 66.2 Å². The molecule has 0 bridgehead atoms. The molecule has 0 spiro atoms. The normalized spacial score (nSPS) is 10.3. The quantitative estimate of drug-likeness (QED) is 0.582. The van der Waals surface area contributed by atoms with Gasteiger partial charge in [-0.25, -0.2) is 9.78 Å². The van der Waals surface area contributed by atoms with E-state index in [1.165, 1.54) is 0 Å². The number of aromatic nitrogens is 3. The Labute approximate surface area is 154 Å². The van der Waals surface area contributed by atoms with E-state index in [-0.39, 0.29) is 5.75 Å². The number of aromatic amines is 1. The summed E-state index contributed by atoms with van der Waals surface area (Å²) in [5.74, 6) is 0.269. The molecular weight excluding hydrogens is 350 g/mol. The number of carbonyl (C=O) groups is 2. The van der Waals surface area contributed by atoms with E-state index in [0.29, 0.717) is 17.5 Å². The smallest absolute Gasteiger partial charge is 0.321 e. The number of imide groups is 1. The summed E-state index contributed by atoms with van der Waals surface area (Å²) >= 11 is 1.15. The SMILES string of the molecule is O=C(CSc1n[nH]c(-c2ccccc2)n1)NC(=O)NCc1ccccc1. The molecule has 0 aliphatic rings. The molecule has 0 aliphatic carbocycles. The summed E-state index contributed by atoms with van der Waals surface area (Å²) in [5.41, 5.74) is 1.87. The lowest BCUT2D eigenvalue weighted by molar-refractivity contribution is -0.117. The van der Waals surface area contributed by atoms with E-state index in [1.807, 2.05) is 60.7 Å². The average Bonchev–Trinajstić information content (AvgIpc) is 3.15. The van der Waals surface area contributed by atoms with E-state index >= 15 is 0 Å². The zero-order valence-electron chi connectivity index (χ0n) is 13.8. The van der Waals surface area contributed by atoms with Crippen LogP contribution in [0.1, 0.15) is 5.56 Å². The largest absolute Gasteiger partial charge is 0.334 e. The fourth-order valence-corrected chi connectivity index (χ4v) is 2.75. The number of hydrogen-bond donors (Lipinski definition) is 3. The molecule has 0 aliphatic heterocycles. The molecule has 8 heteroatoms. The van der Waals surface area contributed by atoms with Gasteiger partial charge >= 0.3 is 6.03 Å². The lowest BCUT2D eigenvalue weighted by atomic mass is 10.2. The molecule has 3 N–H and O–H groups in total. The van der Waals surface area contributed by atoms with Crippen molar-refractivity contribution in [1.29, 1.82) is 0 Å². The highest BCUT2D eigenvalue weighted by molar-refractivity contribution is 7.99. The summed E-state index contributed by atoms with van der Waals surface area (Å²) in [6.45, 7) is 0.356. The van der Waals surface area contributed by atoms with Gasteiger partial charge in [0.25, 0.3) is 0 Å². The molecule has 0 fully saturated rings. The topological polar surface area (TPSA) is 99.8 Å². The van der Waals surface area contributed by atoms with Gasteiger partial charge in [-0.2, -0.15) is 0 Å². The number of nitrogens with zero attached hydrogens (tertiary/aromatic N) is 2. The van der Waals surface area contributed by atoms with Crippen molar-refractivity contribution < 1.29 is 9.59 Å². The van der Waals surface area contributed by atoms with E-state index < -0.39 is 11.9 Å². The van der Waals surface area contributed by atoms with Gasteiger partial charge in [0.2, 0.25) is 11.1 Å². The molecule has 2 aromatic carbocycles. The highest BCUT2D eigenvalue weighted by Crippen LogP contribution is 2.18. The second-order valence-corrected chi connectivity index (χ2v) is 6.28. The summed E-state index contributed by atoms with van der Waals surface area (Å²) < 4.78 is 0. The predicted molar refractivity (Wildman–Crippen MR) is 99.4 cm³/mol. The summed E-state index contributed by atoms with van der Waals surface area (Å²) in [4.78, 5) is 27.9. The molecular formula is C18H17N5O2S. The molecule has 3 aromatic rings. The first-order chi connectivity index (χ1) is 12.7. The Morgan fingerprint density at radius 2 is 1.69 bits per heavy atom. The summed E-state index contributed by atoms with van der Waals surface area (Å²) in [7, 11) is 0. The standard InChI is InChI=1S/C18H17N5O2S/c24-15(20-17(25)19-11-13-7-3-1-4-8-13)12-26-18-21-16(22-23-18)14-9-5-2-6-10-14/h1-10H,11-12H2,(H,21,22,23)(H2,19,20,24,25). The number of urea groups is 1. The Kier molecular flexibility index (Phi) is 6.00. The van der Waals surface area contributed by atoms with Crippen LogP contribution in [-0.2, 0) is 11.3 Å². The highest BCUT2D eigenvalue weighted by Gasteiger charge is 2.11. The summed E-state index contributed by atoms with van der Waals surface area (Å²) in [6, 6.07) is 18.5. The monoisotopic (exact) mass is 367 g/mol. The van der Waals surface area contributed by atoms with Gasteiger partial charge in [0.15, 0.2) is 5.82 Å². The highest BCUT2D eigenvalue weighted by atomic mass is 32.2. The number of rotatable bonds is 6. The van der Waals surface area contributed by atoms with Crippen LogP contribution in [0.5, 0.6) is 0 Å². The molecule has 0 radical (unpaired) electrons. The number of nitrogens with one attached hydrogen (secondary N) is 3. The van der Waals surface area contributed by atoms with Gasteiger partial charge in [-0.05, 0) is 5.56 Å². The zero-order valence-corrected chi connectivity index (χ0v) is 14.6. The third-order valence-corrected chi connectivity index (χ3v) is 4.24. The van der Waals surface area contributed by atoms with Crippen LogP contribution in [0.25, 0.3) is 11.4 Å². The molecule has 3 amide bonds. The minimum absolute atomic E-state index is 0.0465. The summed E-state index contributed by atoms with van der Waals surface area (Å²) in [5, 5.41) is 12.3. The minimum Gasteiger partial charge on any atom is -0.334 e. The number of amides is 3. The van der Waals surface area contributed by atoms with Crippen LogP contribution in [-0.4, -0.2) is 32.9 Å². The van der Waals surface area contributed by atoms with Gasteiger partial charge in [-0.1, -0.05) is 72.4 Å². The number of hydrogen-bond acceptors (Lipinski definition) is 5. The maximum absolute atomic E-state index is 11.9. The number of benzene rings is 2. The third-order valence-electron chi connectivity index (χ3n) is 3.39. The molecule has 3 rings (SSSR count). The first-order valence-electron chi connectivity index (χ1n) is 7.93. The molecule has 132 valence electrons. The maximum atomic E-state index is 11.9. The Bertz CT molecular complexity index is 868. The van der Waals surface area contributed by atoms with Gasteiger partial charge in [-0.15, -0.1) is 5.10 Å². The van der Waals surface area contributed by atoms with Crippen LogP contribution >= 0.6 is 11.8 Å². The second-order valence-electron chi connectivity index (χ2n) is 5.34. The van der Waals surface area contributed by atoms with E-state index in [4.69, 9.17) is 0 Å². The fourth-order valence-electron chi connectivity index (χ4n) is 2.15. The van der Waals surface area contributed by atoms with Crippen molar-refractivity contribution in [3.63, 3.8) is 0 Å². The van der Waals surface area contributed by atoms with Crippen molar-refractivity contribution in [1.82, 2.24) is 25.8 Å². The van der Waals surface area contributed by atoms with E-state index in [2.05, 4.69) is 25.8 Å². The van der Waals surface area contributed by atoms with E-state index in [9.17, 15) is 9.59 Å². The zero-order chi connectivity index (χ0) is 18.2. The molecule has 0 unspecified atom stereocenters. The van der Waals surface area contributed by atoms with Crippen molar-refractivity contribution in [3.8, 4) is 11.4 Å². The summed E-state index contributed by atoms with van der Waals surface area (Å²) in [6.07, 6.45) is 0. The van der Waals surface area contributed by atoms with Crippen LogP contribution in [0.4, 0.5) is 4.79 Å². The second kappa shape index (κ2) is 8.82. The minimum atomic E-state index is -0.528. The van der Waals surface area contributed by atoms with Gasteiger partial charge in [0.05, 0.1) is 5.75 Å². The Morgan fingerprint density at radius 1 is 1.00 bits per heavy atom. The van der Waals surface area contributed by atoms with Crippen LogP contribution < -0.4 is 10.6 Å². The Balaban J connectivity index is 1.42. The van der Waals surface area contributed by atoms with Crippen molar-refractivity contribution in [2.75, 3.05) is 5.75 Å². The Morgan fingerprint density at radius 3 is 2.42 bits per heavy atom. The van der Waals surface area contributed by atoms with Crippen molar-refractivity contribution in [2.24, 2.45) is 0 Å². The molecule has 0 atom stereocenters. The van der Waals surface area contributed by atoms with E-state index in [1.54, 1.807) is 0 Å². The van der Waals surface area contributed by atoms with Crippen LogP contribution in [0.3, 0.4) is 0 Å². The molecule has 1 heterocycles. The Hall–Kier alpha value is -3.13. The number of H-pyrrole nitrogens is 1. The molecule has 1 aromatic heterocycles. The predicted octanol–water partition coefficient (Wildman–Crippen LogP) is 2.59. The maximum Gasteiger partial charge on any atom is 0.321 e. The van der Waals surface area contributed by atoms with Gasteiger partial charge in [0.1, 0.15) is 0 Å². The lowest BCUT2D eigenvalue weighted by Gasteiger charge is -2.06. The first kappa shape index (κ1) is 17.7. The fraction of sp³-hybridized carbons (Fsp3) is 0.111. The van der Waals surface area contributed by atoms with Crippen LogP contribution in [0.15, 0.2) is 65.8 Å². The van der Waals surface area contributed by atoms with E-state index in [0.717, 1.165) is 22.9 Å². The van der Waals surface area contributed by atoms with Crippen molar-refractivity contribution in [2.45, 2.75) is 11.7 Å². The number of thioether (sulfide) groups is 1. The van der Waals surface area contributed by atoms with Gasteiger partial charge in [0, 0.05) is 12.1 Å². The number of carbonyl (C=O) groups excluding carboxylic acids is 2. The first-order valence-corrected chi connectivity index (χ1v) is 8.91. The van der Waals surface area contributed by atoms with Crippen LogP contribution in [0, 0.1) is 0 Å². The molecule has 26 heavy (non-hydrogen) atoms. The molecule has 0 saturated heterocycles. The van der Waals surface area contributed by atoms with Crippen LogP contribution in [0.2, 0.25) is 0 Å². The molecule has 7 nitrogen and oxygen atoms in total. The van der Waals surface area contributed by atoms with Crippen molar-refractivity contribution >= 4 is 23.7 Å².